The molecule has 6 nitrogen and oxygen atoms in total. The molecule has 176 valence electrons. The molecule has 4 fully saturated rings. The molecule has 0 aromatic carbocycles. The van der Waals surface area contributed by atoms with E-state index in [1.807, 2.05) is 4.68 Å². The van der Waals surface area contributed by atoms with Gasteiger partial charge in [0.1, 0.15) is 17.5 Å². The first-order chi connectivity index (χ1) is 15.3. The lowest BCUT2D eigenvalue weighted by Gasteiger charge is -2.57. The lowest BCUT2D eigenvalue weighted by Crippen LogP contribution is -2.52. The van der Waals surface area contributed by atoms with Crippen LogP contribution in [-0.2, 0) is 4.74 Å². The quantitative estimate of drug-likeness (QED) is 0.716. The summed E-state index contributed by atoms with van der Waals surface area (Å²) >= 11 is 0. The van der Waals surface area contributed by atoms with Crippen molar-refractivity contribution in [1.82, 2.24) is 9.78 Å². The fourth-order valence-electron chi connectivity index (χ4n) is 9.15. The van der Waals surface area contributed by atoms with Gasteiger partial charge in [-0.05, 0) is 106 Å². The zero-order chi connectivity index (χ0) is 22.7. The third-order valence-corrected chi connectivity index (χ3v) is 10.5. The van der Waals surface area contributed by atoms with Crippen LogP contribution in [0.4, 0.5) is 5.82 Å². The van der Waals surface area contributed by atoms with E-state index < -0.39 is 5.60 Å². The molecule has 0 saturated heterocycles. The van der Waals surface area contributed by atoms with Crippen molar-refractivity contribution in [2.24, 2.45) is 40.9 Å². The topological polar surface area (TPSA) is 97.1 Å². The van der Waals surface area contributed by atoms with Gasteiger partial charge in [-0.15, -0.1) is 0 Å². The minimum absolute atomic E-state index is 0.221. The Morgan fingerprint density at radius 1 is 1.22 bits per heavy atom. The fraction of sp³-hybridized carbons (Fsp3) is 0.846. The third kappa shape index (κ3) is 3.30. The molecular formula is C26H40N4O2. The number of nitrogens with zero attached hydrogens (tertiary/aromatic N) is 3. The summed E-state index contributed by atoms with van der Waals surface area (Å²) in [4.78, 5) is 0. The molecule has 0 radical (unpaired) electrons. The number of nitrogens with two attached hydrogens (primary N) is 1. The smallest absolute Gasteiger partial charge is 0.140 e. The lowest BCUT2D eigenvalue weighted by atomic mass is 9.48. The van der Waals surface area contributed by atoms with Crippen molar-refractivity contribution in [3.8, 4) is 6.07 Å². The molecule has 1 aromatic heterocycles. The summed E-state index contributed by atoms with van der Waals surface area (Å²) in [5.74, 6) is 4.95. The molecule has 1 heterocycles. The first kappa shape index (κ1) is 22.2. The molecule has 3 N–H and O–H groups in total. The number of aliphatic hydroxyl groups is 1. The Hall–Kier alpha value is -1.58. The lowest BCUT2D eigenvalue weighted by molar-refractivity contribution is -0.125. The Bertz CT molecular complexity index is 893. The number of hydrogen-bond acceptors (Lipinski definition) is 5. The molecule has 1 aromatic rings. The number of nitrogen functional groups attached to an aromatic ring is 1. The molecule has 6 heteroatoms. The highest BCUT2D eigenvalue weighted by Crippen LogP contribution is 2.66. The SMILES string of the molecule is COC[C@@]1(O)CC[C@H]2[C@H](CC[C@@H]3[C@@H]2CC[C@]2(C)[C@@H]([C@@H](C)n4ncc(C#N)c4N)CC[C@@H]32)C1. The maximum Gasteiger partial charge on any atom is 0.140 e. The monoisotopic (exact) mass is 440 g/mol. The van der Waals surface area contributed by atoms with Gasteiger partial charge in [0.2, 0.25) is 0 Å². The number of fused-ring (bicyclic) bond motifs is 5. The van der Waals surface area contributed by atoms with Crippen LogP contribution in [0.15, 0.2) is 6.20 Å². The number of ether oxygens (including phenoxy) is 1. The van der Waals surface area contributed by atoms with E-state index >= 15 is 0 Å². The van der Waals surface area contributed by atoms with Crippen molar-refractivity contribution in [1.29, 1.82) is 5.26 Å². The van der Waals surface area contributed by atoms with Crippen LogP contribution < -0.4 is 5.73 Å². The molecule has 0 unspecified atom stereocenters. The summed E-state index contributed by atoms with van der Waals surface area (Å²) in [6, 6.07) is 2.39. The van der Waals surface area contributed by atoms with E-state index in [1.165, 1.54) is 38.5 Å². The van der Waals surface area contributed by atoms with E-state index in [0.29, 0.717) is 35.2 Å². The van der Waals surface area contributed by atoms with Crippen molar-refractivity contribution in [2.45, 2.75) is 83.3 Å². The maximum atomic E-state index is 11.0. The minimum Gasteiger partial charge on any atom is -0.387 e. The summed E-state index contributed by atoms with van der Waals surface area (Å²) in [6.07, 6.45) is 12.3. The van der Waals surface area contributed by atoms with Gasteiger partial charge >= 0.3 is 0 Å². The Kier molecular flexibility index (Phi) is 5.57. The van der Waals surface area contributed by atoms with Gasteiger partial charge in [-0.2, -0.15) is 10.4 Å². The molecule has 4 aliphatic rings. The fourth-order valence-corrected chi connectivity index (χ4v) is 9.15. The van der Waals surface area contributed by atoms with Gasteiger partial charge in [0.25, 0.3) is 0 Å². The maximum absolute atomic E-state index is 11.0. The molecule has 0 amide bonds. The Morgan fingerprint density at radius 2 is 2.00 bits per heavy atom. The van der Waals surface area contributed by atoms with Crippen molar-refractivity contribution >= 4 is 5.82 Å². The van der Waals surface area contributed by atoms with E-state index in [1.54, 1.807) is 13.3 Å². The first-order valence-corrected chi connectivity index (χ1v) is 12.8. The van der Waals surface area contributed by atoms with Crippen LogP contribution in [0, 0.1) is 52.3 Å². The molecule has 0 bridgehead atoms. The predicted octanol–water partition coefficient (Wildman–Crippen LogP) is 4.54. The normalized spacial score (nSPS) is 44.2. The zero-order valence-corrected chi connectivity index (χ0v) is 20.0. The molecule has 0 aliphatic heterocycles. The van der Waals surface area contributed by atoms with Crippen molar-refractivity contribution < 1.29 is 9.84 Å². The van der Waals surface area contributed by atoms with E-state index in [0.717, 1.165) is 42.9 Å². The van der Waals surface area contributed by atoms with Crippen LogP contribution in [0.5, 0.6) is 0 Å². The minimum atomic E-state index is -0.605. The second-order valence-electron chi connectivity index (χ2n) is 11.8. The molecule has 5 rings (SSSR count). The largest absolute Gasteiger partial charge is 0.387 e. The first-order valence-electron chi connectivity index (χ1n) is 12.8. The van der Waals surface area contributed by atoms with Gasteiger partial charge in [-0.1, -0.05) is 6.92 Å². The van der Waals surface area contributed by atoms with Gasteiger partial charge in [-0.3, -0.25) is 0 Å². The van der Waals surface area contributed by atoms with E-state index in [-0.39, 0.29) is 6.04 Å². The molecule has 32 heavy (non-hydrogen) atoms. The van der Waals surface area contributed by atoms with Gasteiger partial charge in [0, 0.05) is 7.11 Å². The highest BCUT2D eigenvalue weighted by atomic mass is 16.5. The summed E-state index contributed by atoms with van der Waals surface area (Å²) in [6.45, 7) is 5.27. The van der Waals surface area contributed by atoms with Gasteiger partial charge in [0.05, 0.1) is 24.4 Å². The number of hydrogen-bond donors (Lipinski definition) is 2. The highest BCUT2D eigenvalue weighted by molar-refractivity contribution is 5.47. The van der Waals surface area contributed by atoms with Crippen molar-refractivity contribution in [2.75, 3.05) is 19.5 Å². The third-order valence-electron chi connectivity index (χ3n) is 10.5. The second-order valence-corrected chi connectivity index (χ2v) is 11.8. The highest BCUT2D eigenvalue weighted by Gasteiger charge is 2.58. The van der Waals surface area contributed by atoms with Crippen LogP contribution >= 0.6 is 0 Å². The molecule has 9 atom stereocenters. The van der Waals surface area contributed by atoms with Crippen LogP contribution in [0.25, 0.3) is 0 Å². The number of nitriles is 1. The van der Waals surface area contributed by atoms with Crippen LogP contribution in [-0.4, -0.2) is 34.2 Å². The molecule has 4 saturated carbocycles. The molecular weight excluding hydrogens is 400 g/mol. The number of aromatic nitrogens is 2. The number of rotatable bonds is 4. The zero-order valence-electron chi connectivity index (χ0n) is 20.0. The Balaban J connectivity index is 1.33. The van der Waals surface area contributed by atoms with Crippen molar-refractivity contribution in [3.63, 3.8) is 0 Å². The predicted molar refractivity (Wildman–Crippen MR) is 123 cm³/mol. The summed E-state index contributed by atoms with van der Waals surface area (Å²) in [5.41, 5.74) is 6.47. The second kappa shape index (κ2) is 8.02. The Labute approximate surface area is 192 Å². The van der Waals surface area contributed by atoms with Gasteiger partial charge in [-0.25, -0.2) is 4.68 Å². The molecule has 0 spiro atoms. The summed E-state index contributed by atoms with van der Waals surface area (Å²) in [7, 11) is 1.71. The average molecular weight is 441 g/mol. The van der Waals surface area contributed by atoms with Crippen LogP contribution in [0.2, 0.25) is 0 Å². The summed E-state index contributed by atoms with van der Waals surface area (Å²) in [5, 5.41) is 24.8. The van der Waals surface area contributed by atoms with E-state index in [4.69, 9.17) is 10.5 Å². The van der Waals surface area contributed by atoms with Crippen molar-refractivity contribution in [3.05, 3.63) is 11.8 Å². The van der Waals surface area contributed by atoms with Crippen LogP contribution in [0.1, 0.15) is 83.2 Å². The number of methoxy groups -OCH3 is 1. The Morgan fingerprint density at radius 3 is 2.72 bits per heavy atom. The van der Waals surface area contributed by atoms with Gasteiger partial charge < -0.3 is 15.6 Å². The van der Waals surface area contributed by atoms with E-state index in [2.05, 4.69) is 25.0 Å². The average Bonchev–Trinajstić information content (AvgIpc) is 3.32. The summed E-state index contributed by atoms with van der Waals surface area (Å²) < 4.78 is 7.26. The van der Waals surface area contributed by atoms with E-state index in [9.17, 15) is 10.4 Å². The van der Waals surface area contributed by atoms with Crippen LogP contribution in [0.3, 0.4) is 0 Å². The van der Waals surface area contributed by atoms with Gasteiger partial charge in [0.15, 0.2) is 0 Å². The standard InChI is InChI=1S/C26H40N4O2/c1-16(30-24(28)18(13-27)14-29-30)22-6-7-23-21-5-4-17-12-26(31,15-32-3)11-9-19(17)20(21)8-10-25(22,23)2/h14,16-17,19-23,31H,4-12,15,28H2,1-3H3/t16-,17-,19+,20-,21-,22-,23+,25-,26-/m1/s1. The molecule has 4 aliphatic carbocycles. The number of anilines is 1.